The molecule has 3 heteroatoms. The van der Waals surface area contributed by atoms with E-state index < -0.39 is 0 Å². The SMILES string of the molecule is O=C1OCC=C1C1=CC=CCO1. The van der Waals surface area contributed by atoms with Gasteiger partial charge in [0.25, 0.3) is 0 Å². The van der Waals surface area contributed by atoms with Crippen LogP contribution in [0.15, 0.2) is 35.6 Å². The van der Waals surface area contributed by atoms with Gasteiger partial charge in [-0.25, -0.2) is 4.79 Å². The molecule has 2 aliphatic rings. The summed E-state index contributed by atoms with van der Waals surface area (Å²) in [5.41, 5.74) is 0.541. The average molecular weight is 164 g/mol. The van der Waals surface area contributed by atoms with E-state index in [4.69, 9.17) is 9.47 Å². The van der Waals surface area contributed by atoms with Gasteiger partial charge in [0.2, 0.25) is 0 Å². The second-order valence-corrected chi connectivity index (χ2v) is 2.49. The molecule has 2 rings (SSSR count). The van der Waals surface area contributed by atoms with E-state index in [9.17, 15) is 4.79 Å². The standard InChI is InChI=1S/C9H8O3/c10-9-7(4-6-12-9)8-3-1-2-5-11-8/h1-4H,5-6H2. The monoisotopic (exact) mass is 164 g/mol. The zero-order valence-corrected chi connectivity index (χ0v) is 6.45. The Labute approximate surface area is 70.0 Å². The molecule has 0 N–H and O–H groups in total. The van der Waals surface area contributed by atoms with Crippen molar-refractivity contribution in [1.82, 2.24) is 0 Å². The molecule has 0 bridgehead atoms. The number of ether oxygens (including phenoxy) is 2. The molecule has 0 saturated heterocycles. The van der Waals surface area contributed by atoms with Gasteiger partial charge in [0.05, 0.1) is 0 Å². The van der Waals surface area contributed by atoms with Gasteiger partial charge in [-0.2, -0.15) is 0 Å². The fourth-order valence-electron chi connectivity index (χ4n) is 1.13. The van der Waals surface area contributed by atoms with Crippen molar-refractivity contribution in [3.63, 3.8) is 0 Å². The number of hydrogen-bond acceptors (Lipinski definition) is 3. The average Bonchev–Trinajstić information content (AvgIpc) is 2.53. The highest BCUT2D eigenvalue weighted by Gasteiger charge is 2.21. The molecule has 0 spiro atoms. The molecule has 0 saturated carbocycles. The minimum absolute atomic E-state index is 0.295. The molecule has 0 radical (unpaired) electrons. The Balaban J connectivity index is 2.23. The quantitative estimate of drug-likeness (QED) is 0.541. The molecule has 0 atom stereocenters. The van der Waals surface area contributed by atoms with Gasteiger partial charge < -0.3 is 9.47 Å². The zero-order chi connectivity index (χ0) is 8.39. The Morgan fingerprint density at radius 1 is 1.25 bits per heavy atom. The second-order valence-electron chi connectivity index (χ2n) is 2.49. The number of hydrogen-bond donors (Lipinski definition) is 0. The molecule has 62 valence electrons. The maximum absolute atomic E-state index is 11.0. The summed E-state index contributed by atoms with van der Waals surface area (Å²) in [6, 6.07) is 0. The van der Waals surface area contributed by atoms with E-state index in [1.165, 1.54) is 0 Å². The normalized spacial score (nSPS) is 21.2. The van der Waals surface area contributed by atoms with Crippen LogP contribution in [0.2, 0.25) is 0 Å². The lowest BCUT2D eigenvalue weighted by atomic mass is 10.2. The van der Waals surface area contributed by atoms with Crippen LogP contribution < -0.4 is 0 Å². The first-order valence-corrected chi connectivity index (χ1v) is 3.75. The maximum Gasteiger partial charge on any atom is 0.342 e. The van der Waals surface area contributed by atoms with Gasteiger partial charge in [0.15, 0.2) is 0 Å². The van der Waals surface area contributed by atoms with Crippen molar-refractivity contribution in [3.8, 4) is 0 Å². The molecular formula is C9H8O3. The Hall–Kier alpha value is -1.51. The van der Waals surface area contributed by atoms with Crippen LogP contribution in [0.25, 0.3) is 0 Å². The smallest absolute Gasteiger partial charge is 0.342 e. The van der Waals surface area contributed by atoms with Crippen molar-refractivity contribution < 1.29 is 14.3 Å². The van der Waals surface area contributed by atoms with Crippen molar-refractivity contribution in [2.45, 2.75) is 0 Å². The lowest BCUT2D eigenvalue weighted by Gasteiger charge is -2.09. The van der Waals surface area contributed by atoms with E-state index in [0.29, 0.717) is 24.5 Å². The second kappa shape index (κ2) is 2.85. The Morgan fingerprint density at radius 2 is 2.17 bits per heavy atom. The molecule has 3 nitrogen and oxygen atoms in total. The summed E-state index contributed by atoms with van der Waals surface area (Å²) >= 11 is 0. The third-order valence-electron chi connectivity index (χ3n) is 1.71. The Morgan fingerprint density at radius 3 is 2.75 bits per heavy atom. The van der Waals surface area contributed by atoms with Gasteiger partial charge in [-0.1, -0.05) is 6.08 Å². The minimum atomic E-state index is -0.295. The largest absolute Gasteiger partial charge is 0.489 e. The van der Waals surface area contributed by atoms with Gasteiger partial charge >= 0.3 is 5.97 Å². The van der Waals surface area contributed by atoms with E-state index in [-0.39, 0.29) is 5.97 Å². The Kier molecular flexibility index (Phi) is 1.70. The highest BCUT2D eigenvalue weighted by molar-refractivity contribution is 5.94. The fourth-order valence-corrected chi connectivity index (χ4v) is 1.13. The van der Waals surface area contributed by atoms with Crippen LogP contribution in [0.3, 0.4) is 0 Å². The molecule has 0 fully saturated rings. The Bertz CT molecular complexity index is 297. The number of rotatable bonds is 1. The molecular weight excluding hydrogens is 156 g/mol. The highest BCUT2D eigenvalue weighted by atomic mass is 16.5. The summed E-state index contributed by atoms with van der Waals surface area (Å²) in [5.74, 6) is 0.316. The topological polar surface area (TPSA) is 35.5 Å². The van der Waals surface area contributed by atoms with Crippen molar-refractivity contribution >= 4 is 5.97 Å². The van der Waals surface area contributed by atoms with Crippen LogP contribution in [0.5, 0.6) is 0 Å². The molecule has 0 aromatic carbocycles. The zero-order valence-electron chi connectivity index (χ0n) is 6.45. The molecule has 12 heavy (non-hydrogen) atoms. The predicted molar refractivity (Wildman–Crippen MR) is 42.2 cm³/mol. The van der Waals surface area contributed by atoms with E-state index in [2.05, 4.69) is 0 Å². The summed E-state index contributed by atoms with van der Waals surface area (Å²) in [7, 11) is 0. The van der Waals surface area contributed by atoms with Gasteiger partial charge in [-0.3, -0.25) is 0 Å². The fraction of sp³-hybridized carbons (Fsp3) is 0.222. The lowest BCUT2D eigenvalue weighted by molar-refractivity contribution is -0.136. The molecule has 0 aliphatic carbocycles. The van der Waals surface area contributed by atoms with E-state index >= 15 is 0 Å². The summed E-state index contributed by atoms with van der Waals surface area (Å²) in [6.07, 6.45) is 7.24. The van der Waals surface area contributed by atoms with Crippen LogP contribution in [-0.2, 0) is 14.3 Å². The number of allylic oxidation sites excluding steroid dienone is 2. The van der Waals surface area contributed by atoms with E-state index in [0.717, 1.165) is 0 Å². The molecule has 2 aliphatic heterocycles. The number of carbonyl (C=O) groups excluding carboxylic acids is 1. The van der Waals surface area contributed by atoms with Gasteiger partial charge in [-0.05, 0) is 18.2 Å². The third-order valence-corrected chi connectivity index (χ3v) is 1.71. The third kappa shape index (κ3) is 1.13. The van der Waals surface area contributed by atoms with E-state index in [1.807, 2.05) is 12.2 Å². The van der Waals surface area contributed by atoms with Gasteiger partial charge in [0, 0.05) is 0 Å². The van der Waals surface area contributed by atoms with Crippen molar-refractivity contribution in [1.29, 1.82) is 0 Å². The number of esters is 1. The van der Waals surface area contributed by atoms with Gasteiger partial charge in [-0.15, -0.1) is 0 Å². The number of carbonyl (C=O) groups is 1. The van der Waals surface area contributed by atoms with Crippen LogP contribution in [-0.4, -0.2) is 19.2 Å². The number of cyclic esters (lactones) is 1. The summed E-state index contributed by atoms with van der Waals surface area (Å²) in [6.45, 7) is 0.884. The van der Waals surface area contributed by atoms with Gasteiger partial charge in [0.1, 0.15) is 24.5 Å². The first kappa shape index (κ1) is 7.16. The van der Waals surface area contributed by atoms with Crippen molar-refractivity contribution in [3.05, 3.63) is 35.6 Å². The predicted octanol–water partition coefficient (Wildman–Crippen LogP) is 0.940. The van der Waals surface area contributed by atoms with Crippen LogP contribution >= 0.6 is 0 Å². The highest BCUT2D eigenvalue weighted by Crippen LogP contribution is 2.19. The van der Waals surface area contributed by atoms with E-state index in [1.54, 1.807) is 12.2 Å². The summed E-state index contributed by atoms with van der Waals surface area (Å²) < 4.78 is 9.98. The molecule has 0 unspecified atom stereocenters. The molecule has 0 amide bonds. The summed E-state index contributed by atoms with van der Waals surface area (Å²) in [4.78, 5) is 11.0. The van der Waals surface area contributed by atoms with Crippen molar-refractivity contribution in [2.75, 3.05) is 13.2 Å². The summed E-state index contributed by atoms with van der Waals surface area (Å²) in [5, 5.41) is 0. The minimum Gasteiger partial charge on any atom is -0.489 e. The molecule has 2 heterocycles. The van der Waals surface area contributed by atoms with Crippen LogP contribution in [0.4, 0.5) is 0 Å². The van der Waals surface area contributed by atoms with Crippen LogP contribution in [0.1, 0.15) is 0 Å². The van der Waals surface area contributed by atoms with Crippen molar-refractivity contribution in [2.24, 2.45) is 0 Å². The maximum atomic E-state index is 11.0. The first-order valence-electron chi connectivity index (χ1n) is 3.75. The molecule has 0 aromatic heterocycles. The first-order chi connectivity index (χ1) is 5.88. The lowest BCUT2D eigenvalue weighted by Crippen LogP contribution is -2.06. The molecule has 0 aromatic rings. The van der Waals surface area contributed by atoms with Crippen LogP contribution in [0, 0.1) is 0 Å².